The van der Waals surface area contributed by atoms with Gasteiger partial charge in [0.15, 0.2) is 16.6 Å². The molecule has 5 aliphatic carbocycles. The second-order valence-corrected chi connectivity index (χ2v) is 25.7. The van der Waals surface area contributed by atoms with Gasteiger partial charge < -0.3 is 40.5 Å². The molecule has 0 spiro atoms. The van der Waals surface area contributed by atoms with Crippen molar-refractivity contribution in [3.8, 4) is 11.8 Å². The van der Waals surface area contributed by atoms with E-state index in [1.54, 1.807) is 59.9 Å². The number of rotatable bonds is 22. The highest BCUT2D eigenvalue weighted by molar-refractivity contribution is 7.19. The normalized spacial score (nSPS) is 27.7. The number of aliphatic hydroxyl groups excluding tert-OH is 2. The third-order valence-electron chi connectivity index (χ3n) is 19.5. The lowest BCUT2D eigenvalue weighted by Crippen LogP contribution is -2.58. The van der Waals surface area contributed by atoms with E-state index in [-0.39, 0.29) is 127 Å². The zero-order chi connectivity index (χ0) is 57.0. The number of aromatic nitrogens is 1. The number of unbranched alkanes of at least 4 members (excludes halogenated alkanes) is 1. The zero-order valence-electron chi connectivity index (χ0n) is 47.4. The number of ether oxygens (including phenoxy) is 1. The first-order chi connectivity index (χ1) is 36.8. The summed E-state index contributed by atoms with van der Waals surface area (Å²) in [6.45, 7) is 15.8. The topological polar surface area (TPSA) is 257 Å². The lowest BCUT2D eigenvalue weighted by Gasteiger charge is -2.62. The minimum Gasteiger partial charge on any atom is -0.480 e. The van der Waals surface area contributed by atoms with Gasteiger partial charge in [-0.2, -0.15) is 5.26 Å². The minimum absolute atomic E-state index is 0.0458. The van der Waals surface area contributed by atoms with E-state index in [0.29, 0.717) is 75.4 Å². The molecule has 1 unspecified atom stereocenters. The third kappa shape index (κ3) is 12.9. The molecule has 4 saturated carbocycles. The molecule has 0 radical (unpaired) electrons. The second kappa shape index (κ2) is 24.9. The van der Waals surface area contributed by atoms with Crippen LogP contribution in [0.5, 0.6) is 5.75 Å². The smallest absolute Gasteiger partial charge is 0.415 e. The van der Waals surface area contributed by atoms with Crippen LogP contribution in [0.2, 0.25) is 0 Å². The van der Waals surface area contributed by atoms with Gasteiger partial charge in [0.2, 0.25) is 17.7 Å². The van der Waals surface area contributed by atoms with Gasteiger partial charge in [-0.05, 0) is 163 Å². The Bertz CT molecular complexity index is 2740. The van der Waals surface area contributed by atoms with Crippen LogP contribution in [0.15, 0.2) is 40.5 Å². The van der Waals surface area contributed by atoms with E-state index < -0.39 is 29.6 Å². The molecule has 4 fully saturated rings. The van der Waals surface area contributed by atoms with Crippen LogP contribution >= 0.6 is 11.3 Å². The number of aliphatic carboxylic acids is 1. The molecule has 4 amide bonds. The van der Waals surface area contributed by atoms with Crippen LogP contribution in [-0.4, -0.2) is 123 Å². The van der Waals surface area contributed by atoms with E-state index in [4.69, 9.17) is 4.74 Å². The number of carboxylic acids is 1. The number of carbonyl (C=O) groups is 7. The van der Waals surface area contributed by atoms with E-state index in [9.17, 15) is 54.1 Å². The fraction of sp³-hybridized carbons (Fsp3) is 0.683. The number of aliphatic hydroxyl groups is 2. The number of hydrogen-bond donors (Lipinski definition) is 5. The highest BCUT2D eigenvalue weighted by Crippen LogP contribution is 2.68. The van der Waals surface area contributed by atoms with E-state index in [1.165, 1.54) is 9.80 Å². The summed E-state index contributed by atoms with van der Waals surface area (Å²) < 4.78 is 6.42. The molecule has 11 atom stereocenters. The summed E-state index contributed by atoms with van der Waals surface area (Å²) in [5, 5.41) is 47.6. The van der Waals surface area contributed by atoms with Gasteiger partial charge in [-0.15, -0.1) is 11.3 Å². The highest BCUT2D eigenvalue weighted by Gasteiger charge is 2.63. The molecular weight excluding hydrogens is 1010 g/mol. The third-order valence-corrected chi connectivity index (χ3v) is 20.5. The average Bonchev–Trinajstić information content (AvgIpc) is 3.99. The van der Waals surface area contributed by atoms with Crippen molar-refractivity contribution in [1.82, 2.24) is 25.4 Å². The van der Waals surface area contributed by atoms with Gasteiger partial charge >= 0.3 is 12.1 Å². The summed E-state index contributed by atoms with van der Waals surface area (Å²) in [4.78, 5) is 99.4. The molecule has 5 aliphatic rings. The largest absolute Gasteiger partial charge is 0.480 e. The Morgan fingerprint density at radius 2 is 1.63 bits per heavy atom. The van der Waals surface area contributed by atoms with Crippen LogP contribution in [0.3, 0.4) is 0 Å². The van der Waals surface area contributed by atoms with Gasteiger partial charge in [-0.25, -0.2) is 14.6 Å². The van der Waals surface area contributed by atoms with Gasteiger partial charge in [-0.3, -0.25) is 24.0 Å². The molecule has 7 rings (SSSR count). The van der Waals surface area contributed by atoms with Crippen molar-refractivity contribution in [3.05, 3.63) is 45.5 Å². The van der Waals surface area contributed by atoms with Crippen LogP contribution in [0, 0.1) is 63.1 Å². The summed E-state index contributed by atoms with van der Waals surface area (Å²) in [5.41, 5.74) is 0.944. The second-order valence-electron chi connectivity index (χ2n) is 24.7. The number of ketones is 2. The quantitative estimate of drug-likeness (QED) is 0.0547. The van der Waals surface area contributed by atoms with Crippen molar-refractivity contribution in [1.29, 1.82) is 5.26 Å². The first-order valence-electron chi connectivity index (χ1n) is 28.4. The molecule has 0 saturated heterocycles. The molecular formula is C60H84N6O11S. The number of benzene rings is 1. The fourth-order valence-corrected chi connectivity index (χ4v) is 15.6. The molecule has 17 nitrogen and oxygen atoms in total. The summed E-state index contributed by atoms with van der Waals surface area (Å²) in [7, 11) is 1.59. The van der Waals surface area contributed by atoms with Crippen LogP contribution in [0.25, 0.3) is 10.2 Å². The molecule has 0 aliphatic heterocycles. The summed E-state index contributed by atoms with van der Waals surface area (Å²) >= 11 is 1.16. The number of nitrogens with zero attached hydrogens (tertiary/aromatic N) is 4. The number of carboxylic acid groups (broad SMARTS) is 1. The van der Waals surface area contributed by atoms with Crippen molar-refractivity contribution in [2.24, 2.45) is 51.8 Å². The van der Waals surface area contributed by atoms with Crippen LogP contribution in [0.4, 0.5) is 4.79 Å². The standard InChI is InChI=1S/C60H84N6O11S/c1-34(42-19-20-43-41-18-16-38-29-39(67)23-24-59(38,7)44(41)31-48(68)60(42,43)8)15-22-50(70)63-46(56(74)75)13-10-11-25-62-49(69)14-12-26-66(57(76)77-40-17-21-45-47(30-40)78-51(33-61)64-45)28-27-65(9)52(71)32-58(5,6)53-37(4)54(72)35(2)36(3)55(53)73/h17,21,30,34,38-39,41-44,46,48,67-68H,10-16,18-20,22-29,31-32H2,1-9H3,(H,62,69)(H,63,70)(H,74,75)/t34-,38-,39-,41+,42-,43+,44+,46?,48+,59+,60-/m1/s1. The average molecular weight is 1100 g/mol. The Hall–Kier alpha value is -5.51. The number of amides is 4. The molecule has 18 heteroatoms. The maximum atomic E-state index is 13.7. The zero-order valence-corrected chi connectivity index (χ0v) is 48.2. The predicted octanol–water partition coefficient (Wildman–Crippen LogP) is 8.69. The fourth-order valence-electron chi connectivity index (χ4n) is 14.8. The number of likely N-dealkylation sites (N-methyl/N-ethyl adjacent to an activating group) is 1. The van der Waals surface area contributed by atoms with Gasteiger partial charge in [0.1, 0.15) is 17.9 Å². The van der Waals surface area contributed by atoms with Gasteiger partial charge in [0, 0.05) is 86.3 Å². The Balaban J connectivity index is 0.851. The number of allylic oxidation sites excluding steroid dienone is 4. The number of thiazole rings is 1. The molecule has 1 aromatic heterocycles. The highest BCUT2D eigenvalue weighted by atomic mass is 32.1. The Labute approximate surface area is 464 Å². The lowest BCUT2D eigenvalue weighted by molar-refractivity contribution is -0.175. The molecule has 1 aromatic carbocycles. The van der Waals surface area contributed by atoms with Crippen molar-refractivity contribution in [3.63, 3.8) is 0 Å². The SMILES string of the molecule is CC1=C(C)C(=O)C(C(C)(C)CC(=O)N(C)CCN(CCCC(=O)NCCCCC(NC(=O)CC[C@@H](C)[C@H]2CC[C@H]3[C@@H]4CC[C@@H]5C[C@H](O)CC[C@]5(C)[C@H]4C[C@H](O)[C@]23C)C(=O)O)C(=O)Oc2ccc3nc(C#N)sc3c2)=C(C)C1=O. The molecule has 2 aromatic rings. The number of nitrogens with one attached hydrogen (secondary N) is 2. The Morgan fingerprint density at radius 3 is 2.35 bits per heavy atom. The van der Waals surface area contributed by atoms with E-state index >= 15 is 0 Å². The van der Waals surface area contributed by atoms with Crippen molar-refractivity contribution >= 4 is 62.9 Å². The predicted molar refractivity (Wildman–Crippen MR) is 296 cm³/mol. The van der Waals surface area contributed by atoms with Gasteiger partial charge in [0.25, 0.3) is 0 Å². The molecule has 5 N–H and O–H groups in total. The van der Waals surface area contributed by atoms with Crippen molar-refractivity contribution in [2.45, 2.75) is 176 Å². The Kier molecular flexibility index (Phi) is 19.2. The van der Waals surface area contributed by atoms with Crippen molar-refractivity contribution < 1.29 is 53.6 Å². The van der Waals surface area contributed by atoms with Crippen molar-refractivity contribution in [2.75, 3.05) is 33.2 Å². The Morgan fingerprint density at radius 1 is 0.897 bits per heavy atom. The number of carbonyl (C=O) groups excluding carboxylic acids is 6. The van der Waals surface area contributed by atoms with E-state index in [0.717, 1.165) is 62.7 Å². The lowest BCUT2D eigenvalue weighted by atomic mass is 9.43. The van der Waals surface area contributed by atoms with E-state index in [2.05, 4.69) is 36.4 Å². The van der Waals surface area contributed by atoms with Crippen LogP contribution in [-0.2, 0) is 28.8 Å². The minimum atomic E-state index is -1.12. The number of fused-ring (bicyclic) bond motifs is 6. The number of nitriles is 1. The molecule has 426 valence electrons. The monoisotopic (exact) mass is 1100 g/mol. The number of hydrogen-bond acceptors (Lipinski definition) is 13. The summed E-state index contributed by atoms with van der Waals surface area (Å²) in [6.07, 6.45) is 8.72. The first kappa shape index (κ1) is 60.1. The summed E-state index contributed by atoms with van der Waals surface area (Å²) in [6, 6.07) is 5.78. The van der Waals surface area contributed by atoms with Crippen LogP contribution in [0.1, 0.15) is 163 Å². The number of Topliss-reactive ketones (excluding diaryl/α,β-unsaturated/α-hetero) is 2. The first-order valence-corrected chi connectivity index (χ1v) is 29.3. The summed E-state index contributed by atoms with van der Waals surface area (Å²) in [5.74, 6) is 0.164. The van der Waals surface area contributed by atoms with E-state index in [1.807, 2.05) is 6.07 Å². The molecule has 1 heterocycles. The maximum absolute atomic E-state index is 13.7. The molecule has 0 bridgehead atoms. The van der Waals surface area contributed by atoms with Gasteiger partial charge in [-0.1, -0.05) is 34.6 Å². The maximum Gasteiger partial charge on any atom is 0.415 e. The molecule has 78 heavy (non-hydrogen) atoms. The van der Waals surface area contributed by atoms with Crippen LogP contribution < -0.4 is 15.4 Å². The van der Waals surface area contributed by atoms with Gasteiger partial charge in [0.05, 0.1) is 22.4 Å².